The monoisotopic (exact) mass is 475 g/mol. The highest BCUT2D eigenvalue weighted by molar-refractivity contribution is 7.06. The van der Waals surface area contributed by atoms with Gasteiger partial charge in [0.15, 0.2) is 5.78 Å². The Labute approximate surface area is 204 Å². The molecule has 0 fully saturated rings. The topological polar surface area (TPSA) is 99.0 Å². The molecule has 0 radical (unpaired) electrons. The number of hydrogen-bond acceptors (Lipinski definition) is 7. The van der Waals surface area contributed by atoms with Gasteiger partial charge in [0.25, 0.3) is 5.91 Å². The van der Waals surface area contributed by atoms with E-state index in [9.17, 15) is 9.59 Å². The van der Waals surface area contributed by atoms with Gasteiger partial charge >= 0.3 is 0 Å². The fourth-order valence-electron chi connectivity index (χ4n) is 3.75. The van der Waals surface area contributed by atoms with Crippen LogP contribution in [0.3, 0.4) is 0 Å². The van der Waals surface area contributed by atoms with Crippen molar-refractivity contribution in [2.45, 2.75) is 40.0 Å². The Morgan fingerprint density at radius 3 is 2.71 bits per heavy atom. The maximum absolute atomic E-state index is 13.1. The van der Waals surface area contributed by atoms with Gasteiger partial charge < -0.3 is 10.2 Å². The van der Waals surface area contributed by atoms with Gasteiger partial charge in [-0.3, -0.25) is 14.6 Å². The maximum Gasteiger partial charge on any atom is 0.258 e. The summed E-state index contributed by atoms with van der Waals surface area (Å²) in [6.07, 6.45) is 3.28. The zero-order valence-corrected chi connectivity index (χ0v) is 20.6. The standard InChI is InChI=1S/C26H29N5O2S/c1-4-31(5-2)13-7-10-23(32)20-8-6-9-21(15-20)29-26(33)25-18(3)30-34-24(25)16-22-14-19(17-27)11-12-28-22/h6,8-9,11-12,14-15H,4-5,7,10,13,16H2,1-3H3,(H,29,33). The van der Waals surface area contributed by atoms with Crippen LogP contribution in [-0.2, 0) is 6.42 Å². The highest BCUT2D eigenvalue weighted by Gasteiger charge is 2.20. The van der Waals surface area contributed by atoms with Crippen molar-refractivity contribution in [1.29, 1.82) is 5.26 Å². The number of rotatable bonds is 11. The van der Waals surface area contributed by atoms with Gasteiger partial charge in [0.05, 0.1) is 22.9 Å². The van der Waals surface area contributed by atoms with E-state index in [2.05, 4.69) is 39.5 Å². The number of nitrogens with one attached hydrogen (secondary N) is 1. The smallest absolute Gasteiger partial charge is 0.258 e. The maximum atomic E-state index is 13.1. The lowest BCUT2D eigenvalue weighted by Crippen LogP contribution is -2.24. The number of nitrogens with zero attached hydrogens (tertiary/aromatic N) is 4. The molecule has 0 bridgehead atoms. The van der Waals surface area contributed by atoms with Gasteiger partial charge in [-0.25, -0.2) is 0 Å². The predicted octanol–water partition coefficient (Wildman–Crippen LogP) is 4.87. The number of ketones is 1. The van der Waals surface area contributed by atoms with E-state index in [4.69, 9.17) is 5.26 Å². The number of pyridine rings is 1. The zero-order valence-electron chi connectivity index (χ0n) is 19.8. The number of amides is 1. The van der Waals surface area contributed by atoms with Crippen LogP contribution in [0, 0.1) is 18.3 Å². The van der Waals surface area contributed by atoms with Crippen molar-refractivity contribution in [3.63, 3.8) is 0 Å². The van der Waals surface area contributed by atoms with Gasteiger partial charge in [0.1, 0.15) is 0 Å². The Morgan fingerprint density at radius 1 is 1.18 bits per heavy atom. The number of aryl methyl sites for hydroxylation is 1. The second kappa shape index (κ2) is 12.2. The SMILES string of the molecule is CCN(CC)CCCC(=O)c1cccc(NC(=O)c2c(C)nsc2Cc2cc(C#N)ccn2)c1. The van der Waals surface area contributed by atoms with Crippen LogP contribution in [0.4, 0.5) is 5.69 Å². The molecule has 1 N–H and O–H groups in total. The third-order valence-electron chi connectivity index (χ3n) is 5.66. The molecule has 0 atom stereocenters. The molecule has 176 valence electrons. The molecule has 34 heavy (non-hydrogen) atoms. The third kappa shape index (κ3) is 6.56. The third-order valence-corrected chi connectivity index (χ3v) is 6.60. The summed E-state index contributed by atoms with van der Waals surface area (Å²) >= 11 is 1.25. The van der Waals surface area contributed by atoms with Gasteiger partial charge in [-0.15, -0.1) is 0 Å². The molecule has 0 saturated heterocycles. The van der Waals surface area contributed by atoms with Crippen LogP contribution in [0.25, 0.3) is 0 Å². The molecule has 0 aliphatic heterocycles. The first kappa shape index (κ1) is 25.2. The molecule has 1 aromatic carbocycles. The number of hydrogen-bond donors (Lipinski definition) is 1. The molecular weight excluding hydrogens is 446 g/mol. The minimum Gasteiger partial charge on any atom is -0.322 e. The number of anilines is 1. The van der Waals surface area contributed by atoms with E-state index in [1.807, 2.05) is 0 Å². The number of carbonyl (C=O) groups is 2. The van der Waals surface area contributed by atoms with E-state index < -0.39 is 0 Å². The lowest BCUT2D eigenvalue weighted by Gasteiger charge is -2.17. The Balaban J connectivity index is 1.69. The first-order valence-corrected chi connectivity index (χ1v) is 12.2. The molecule has 0 saturated carbocycles. The second-order valence-electron chi connectivity index (χ2n) is 7.98. The van der Waals surface area contributed by atoms with Gasteiger partial charge in [-0.2, -0.15) is 9.64 Å². The highest BCUT2D eigenvalue weighted by Crippen LogP contribution is 2.23. The lowest BCUT2D eigenvalue weighted by molar-refractivity contribution is 0.0973. The first-order valence-electron chi connectivity index (χ1n) is 11.4. The van der Waals surface area contributed by atoms with E-state index in [1.165, 1.54) is 11.5 Å². The Morgan fingerprint density at radius 2 is 1.97 bits per heavy atom. The summed E-state index contributed by atoms with van der Waals surface area (Å²) in [6.45, 7) is 8.88. The molecular formula is C26H29N5O2S. The average molecular weight is 476 g/mol. The summed E-state index contributed by atoms with van der Waals surface area (Å²) in [4.78, 5) is 33.2. The largest absolute Gasteiger partial charge is 0.322 e. The Bertz CT molecular complexity index is 1190. The number of nitriles is 1. The van der Waals surface area contributed by atoms with Crippen molar-refractivity contribution < 1.29 is 9.59 Å². The van der Waals surface area contributed by atoms with E-state index in [1.54, 1.807) is 49.5 Å². The Kier molecular flexibility index (Phi) is 9.02. The molecule has 3 aromatic rings. The molecule has 0 aliphatic carbocycles. The van der Waals surface area contributed by atoms with Crippen molar-refractivity contribution >= 4 is 28.9 Å². The average Bonchev–Trinajstić information content (AvgIpc) is 3.21. The molecule has 0 spiro atoms. The minimum atomic E-state index is -0.274. The zero-order chi connectivity index (χ0) is 24.5. The van der Waals surface area contributed by atoms with E-state index in [0.717, 1.165) is 30.9 Å². The quantitative estimate of drug-likeness (QED) is 0.397. The van der Waals surface area contributed by atoms with Crippen molar-refractivity contribution in [3.05, 3.63) is 75.6 Å². The summed E-state index contributed by atoms with van der Waals surface area (Å²) in [5.74, 6) is -0.204. The van der Waals surface area contributed by atoms with E-state index in [0.29, 0.717) is 46.6 Å². The van der Waals surface area contributed by atoms with Crippen LogP contribution in [0.5, 0.6) is 0 Å². The number of aromatic nitrogens is 2. The van der Waals surface area contributed by atoms with Gasteiger partial charge in [0.2, 0.25) is 0 Å². The van der Waals surface area contributed by atoms with Crippen molar-refractivity contribution in [3.8, 4) is 6.07 Å². The van der Waals surface area contributed by atoms with Crippen molar-refractivity contribution in [2.75, 3.05) is 25.0 Å². The molecule has 0 unspecified atom stereocenters. The highest BCUT2D eigenvalue weighted by atomic mass is 32.1. The van der Waals surface area contributed by atoms with Gasteiger partial charge in [0, 0.05) is 40.9 Å². The summed E-state index contributed by atoms with van der Waals surface area (Å²) < 4.78 is 4.36. The summed E-state index contributed by atoms with van der Waals surface area (Å²) in [5.41, 5.74) is 3.53. The van der Waals surface area contributed by atoms with E-state index >= 15 is 0 Å². The molecule has 7 nitrogen and oxygen atoms in total. The predicted molar refractivity (Wildman–Crippen MR) is 134 cm³/mol. The van der Waals surface area contributed by atoms with Gasteiger partial charge in [-0.1, -0.05) is 26.0 Å². The molecule has 0 aliphatic rings. The molecule has 8 heteroatoms. The lowest BCUT2D eigenvalue weighted by atomic mass is 10.1. The number of benzene rings is 1. The van der Waals surface area contributed by atoms with E-state index in [-0.39, 0.29) is 11.7 Å². The molecule has 3 rings (SSSR count). The van der Waals surface area contributed by atoms with Crippen LogP contribution in [0.1, 0.15) is 69.2 Å². The summed E-state index contributed by atoms with van der Waals surface area (Å²) in [5, 5.41) is 12.0. The molecule has 2 heterocycles. The van der Waals surface area contributed by atoms with Crippen LogP contribution >= 0.6 is 11.5 Å². The van der Waals surface area contributed by atoms with Crippen LogP contribution < -0.4 is 5.32 Å². The number of Topliss-reactive ketones (excluding diaryl/α,β-unsaturated/α-hetero) is 1. The van der Waals surface area contributed by atoms with Crippen LogP contribution in [0.15, 0.2) is 42.6 Å². The first-order chi connectivity index (χ1) is 16.4. The fraction of sp³-hybridized carbons (Fsp3) is 0.346. The van der Waals surface area contributed by atoms with Crippen molar-refractivity contribution in [1.82, 2.24) is 14.3 Å². The molecule has 1 amide bonds. The molecule has 2 aromatic heterocycles. The number of carbonyl (C=O) groups excluding carboxylic acids is 2. The second-order valence-corrected chi connectivity index (χ2v) is 8.84. The summed E-state index contributed by atoms with van der Waals surface area (Å²) in [7, 11) is 0. The fourth-order valence-corrected chi connectivity index (χ4v) is 4.63. The summed E-state index contributed by atoms with van der Waals surface area (Å²) in [6, 6.07) is 12.5. The Hall–Kier alpha value is -3.41. The van der Waals surface area contributed by atoms with Crippen LogP contribution in [0.2, 0.25) is 0 Å². The minimum absolute atomic E-state index is 0.0702. The normalized spacial score (nSPS) is 10.8. The van der Waals surface area contributed by atoms with Crippen molar-refractivity contribution in [2.24, 2.45) is 0 Å². The van der Waals surface area contributed by atoms with Crippen LogP contribution in [-0.4, -0.2) is 45.6 Å². The van der Waals surface area contributed by atoms with Gasteiger partial charge in [-0.05, 0) is 68.8 Å².